The van der Waals surface area contributed by atoms with Crippen LogP contribution in [-0.2, 0) is 30.9 Å². The molecule has 0 saturated carbocycles. The van der Waals surface area contributed by atoms with Crippen LogP contribution in [-0.4, -0.2) is 65.9 Å². The molecular weight excluding hydrogens is 524 g/mol. The first-order valence-electron chi connectivity index (χ1n) is 14.7. The lowest BCUT2D eigenvalue weighted by atomic mass is 10.0. The van der Waals surface area contributed by atoms with E-state index >= 15 is 0 Å². The quantitative estimate of drug-likeness (QED) is 0.127. The number of benzene rings is 2. The summed E-state index contributed by atoms with van der Waals surface area (Å²) < 4.78 is 5.38. The molecule has 0 aliphatic heterocycles. The van der Waals surface area contributed by atoms with Gasteiger partial charge in [0.1, 0.15) is 0 Å². The summed E-state index contributed by atoms with van der Waals surface area (Å²) in [6.45, 7) is 7.07. The van der Waals surface area contributed by atoms with Gasteiger partial charge in [0.15, 0.2) is 0 Å². The smallest absolute Gasteiger partial charge is 0.0965 e. The summed E-state index contributed by atoms with van der Waals surface area (Å²) in [6.07, 6.45) is 3.02. The van der Waals surface area contributed by atoms with Crippen LogP contribution in [0.2, 0.25) is 0 Å². The fourth-order valence-corrected chi connectivity index (χ4v) is 4.78. The number of aliphatic hydroxyl groups is 1. The second kappa shape index (κ2) is 18.1. The molecule has 4 N–H and O–H groups in total. The van der Waals surface area contributed by atoms with E-state index in [1.165, 1.54) is 11.1 Å². The molecule has 0 aliphatic carbocycles. The molecule has 2 aromatic carbocycles. The molecule has 8 heteroatoms. The Hall–Kier alpha value is -3.50. The van der Waals surface area contributed by atoms with Gasteiger partial charge >= 0.3 is 0 Å². The van der Waals surface area contributed by atoms with E-state index in [4.69, 9.17) is 4.74 Å². The highest BCUT2D eigenvalue weighted by molar-refractivity contribution is 5.23. The second-order valence-corrected chi connectivity index (χ2v) is 10.4. The average molecular weight is 569 g/mol. The minimum atomic E-state index is -0.642. The molecule has 4 rings (SSSR count). The number of pyridine rings is 2. The molecule has 42 heavy (non-hydrogen) atoms. The lowest BCUT2D eigenvalue weighted by molar-refractivity contribution is 0.0689. The maximum atomic E-state index is 10.9. The monoisotopic (exact) mass is 568 g/mol. The van der Waals surface area contributed by atoms with E-state index in [1.54, 1.807) is 7.11 Å². The number of nitrogens with zero attached hydrogens (tertiary/aromatic N) is 3. The number of ether oxygens (including phenoxy) is 1. The van der Waals surface area contributed by atoms with Gasteiger partial charge in [-0.3, -0.25) is 14.9 Å². The van der Waals surface area contributed by atoms with Gasteiger partial charge < -0.3 is 25.8 Å². The number of rotatable bonds is 19. The van der Waals surface area contributed by atoms with Gasteiger partial charge in [-0.15, -0.1) is 0 Å². The topological polar surface area (TPSA) is 94.6 Å². The van der Waals surface area contributed by atoms with Gasteiger partial charge in [-0.25, -0.2) is 0 Å². The molecule has 0 aliphatic rings. The third kappa shape index (κ3) is 11.1. The highest BCUT2D eigenvalue weighted by Crippen LogP contribution is 2.17. The predicted octanol–water partition coefficient (Wildman–Crippen LogP) is 3.70. The van der Waals surface area contributed by atoms with Crippen molar-refractivity contribution in [1.82, 2.24) is 30.8 Å². The van der Waals surface area contributed by atoms with Crippen LogP contribution in [0.25, 0.3) is 0 Å². The molecule has 0 spiro atoms. The summed E-state index contributed by atoms with van der Waals surface area (Å²) in [5.74, 6) is 0. The maximum Gasteiger partial charge on any atom is 0.0965 e. The van der Waals surface area contributed by atoms with Crippen molar-refractivity contribution >= 4 is 0 Å². The van der Waals surface area contributed by atoms with Crippen molar-refractivity contribution in [3.05, 3.63) is 131 Å². The van der Waals surface area contributed by atoms with E-state index in [0.717, 1.165) is 62.8 Å². The van der Waals surface area contributed by atoms with Crippen LogP contribution in [0.3, 0.4) is 0 Å². The van der Waals surface area contributed by atoms with Crippen molar-refractivity contribution in [2.24, 2.45) is 0 Å². The molecular formula is C34H44N6O2. The molecule has 4 aromatic rings. The van der Waals surface area contributed by atoms with Crippen molar-refractivity contribution in [3.8, 4) is 0 Å². The van der Waals surface area contributed by atoms with Gasteiger partial charge in [-0.1, -0.05) is 66.7 Å². The summed E-state index contributed by atoms with van der Waals surface area (Å²) >= 11 is 0. The fraction of sp³-hybridized carbons (Fsp3) is 0.353. The van der Waals surface area contributed by atoms with E-state index < -0.39 is 6.10 Å². The van der Waals surface area contributed by atoms with Crippen LogP contribution in [0.5, 0.6) is 0 Å². The SMILES string of the molecule is COCC(NCc1ccc(CN(CCNCc2ccccn2)CCNCc2ccccn2)cc1)[C@H](O)c1ccccc1. The number of aliphatic hydroxyl groups excluding tert-OH is 1. The Kier molecular flexibility index (Phi) is 13.6. The van der Waals surface area contributed by atoms with Crippen molar-refractivity contribution in [2.45, 2.75) is 38.3 Å². The molecule has 1 unspecified atom stereocenters. The van der Waals surface area contributed by atoms with E-state index in [-0.39, 0.29) is 6.04 Å². The van der Waals surface area contributed by atoms with Gasteiger partial charge in [0.2, 0.25) is 0 Å². The molecule has 222 valence electrons. The van der Waals surface area contributed by atoms with E-state index in [2.05, 4.69) is 55.1 Å². The Morgan fingerprint density at radius 3 is 1.83 bits per heavy atom. The van der Waals surface area contributed by atoms with Crippen molar-refractivity contribution < 1.29 is 9.84 Å². The Balaban J connectivity index is 1.28. The van der Waals surface area contributed by atoms with E-state index in [1.807, 2.05) is 79.1 Å². The van der Waals surface area contributed by atoms with Crippen LogP contribution in [0.4, 0.5) is 0 Å². The van der Waals surface area contributed by atoms with Crippen molar-refractivity contribution in [3.63, 3.8) is 0 Å². The zero-order valence-electron chi connectivity index (χ0n) is 24.5. The van der Waals surface area contributed by atoms with Crippen LogP contribution in [0.15, 0.2) is 103 Å². The third-order valence-electron chi connectivity index (χ3n) is 7.14. The van der Waals surface area contributed by atoms with Gasteiger partial charge in [0.25, 0.3) is 0 Å². The van der Waals surface area contributed by atoms with E-state index in [9.17, 15) is 5.11 Å². The number of aromatic nitrogens is 2. The molecule has 0 fully saturated rings. The van der Waals surface area contributed by atoms with Gasteiger partial charge in [0.05, 0.1) is 30.1 Å². The first-order valence-corrected chi connectivity index (χ1v) is 14.7. The predicted molar refractivity (Wildman–Crippen MR) is 168 cm³/mol. The fourth-order valence-electron chi connectivity index (χ4n) is 4.78. The molecule has 0 amide bonds. The first kappa shape index (κ1) is 31.4. The van der Waals surface area contributed by atoms with Crippen LogP contribution >= 0.6 is 0 Å². The first-order chi connectivity index (χ1) is 20.7. The van der Waals surface area contributed by atoms with Gasteiger partial charge in [-0.05, 0) is 41.0 Å². The van der Waals surface area contributed by atoms with E-state index in [0.29, 0.717) is 13.2 Å². The largest absolute Gasteiger partial charge is 0.387 e. The lowest BCUT2D eigenvalue weighted by Gasteiger charge is -2.24. The van der Waals surface area contributed by atoms with Crippen molar-refractivity contribution in [1.29, 1.82) is 0 Å². The number of methoxy groups -OCH3 is 1. The molecule has 2 heterocycles. The molecule has 2 aromatic heterocycles. The highest BCUT2D eigenvalue weighted by atomic mass is 16.5. The molecule has 0 radical (unpaired) electrons. The number of hydrogen-bond acceptors (Lipinski definition) is 8. The summed E-state index contributed by atoms with van der Waals surface area (Å²) in [5.41, 5.74) is 5.42. The number of hydrogen-bond donors (Lipinski definition) is 4. The van der Waals surface area contributed by atoms with Crippen LogP contribution < -0.4 is 16.0 Å². The second-order valence-electron chi connectivity index (χ2n) is 10.4. The normalized spacial score (nSPS) is 12.8. The summed E-state index contributed by atoms with van der Waals surface area (Å²) in [7, 11) is 1.66. The van der Waals surface area contributed by atoms with Crippen LogP contribution in [0.1, 0.15) is 34.2 Å². The molecule has 0 bridgehead atoms. The summed E-state index contributed by atoms with van der Waals surface area (Å²) in [4.78, 5) is 11.3. The van der Waals surface area contributed by atoms with Crippen molar-refractivity contribution in [2.75, 3.05) is 39.9 Å². The minimum absolute atomic E-state index is 0.204. The van der Waals surface area contributed by atoms with Gasteiger partial charge in [0, 0.05) is 71.9 Å². The molecule has 8 nitrogen and oxygen atoms in total. The number of nitrogens with one attached hydrogen (secondary N) is 3. The van der Waals surface area contributed by atoms with Gasteiger partial charge in [-0.2, -0.15) is 0 Å². The minimum Gasteiger partial charge on any atom is -0.387 e. The zero-order valence-corrected chi connectivity index (χ0v) is 24.5. The standard InChI is InChI=1S/C34H44N6O2/c1-42-27-33(34(41)30-9-3-2-4-10-30)39-23-28-13-15-29(16-14-28)26-40(21-19-35-24-31-11-5-7-17-37-31)22-20-36-25-32-12-6-8-18-38-32/h2-18,33-36,39,41H,19-27H2,1H3/t33?,34-/m1/s1. The average Bonchev–Trinajstić information content (AvgIpc) is 3.05. The summed E-state index contributed by atoms with van der Waals surface area (Å²) in [5, 5.41) is 21.4. The Morgan fingerprint density at radius 1 is 0.714 bits per heavy atom. The Bertz CT molecular complexity index is 1200. The van der Waals surface area contributed by atoms with Crippen LogP contribution in [0, 0.1) is 0 Å². The molecule has 0 saturated heterocycles. The Labute approximate surface area is 250 Å². The maximum absolute atomic E-state index is 10.9. The summed E-state index contributed by atoms with van der Waals surface area (Å²) in [6, 6.07) is 30.3. The Morgan fingerprint density at radius 2 is 1.29 bits per heavy atom. The molecule has 2 atom stereocenters. The highest BCUT2D eigenvalue weighted by Gasteiger charge is 2.20. The zero-order chi connectivity index (χ0) is 29.2. The third-order valence-corrected chi connectivity index (χ3v) is 7.14. The lowest BCUT2D eigenvalue weighted by Crippen LogP contribution is -2.38.